The van der Waals surface area contributed by atoms with Gasteiger partial charge in [0.2, 0.25) is 0 Å². The molecule has 1 fully saturated rings. The number of piperidine rings is 1. The number of halogens is 1. The van der Waals surface area contributed by atoms with E-state index in [1.54, 1.807) is 6.07 Å². The number of para-hydroxylation sites is 1. The van der Waals surface area contributed by atoms with Crippen molar-refractivity contribution in [2.45, 2.75) is 31.7 Å². The van der Waals surface area contributed by atoms with Crippen molar-refractivity contribution in [3.05, 3.63) is 29.0 Å². The van der Waals surface area contributed by atoms with Gasteiger partial charge >= 0.3 is 0 Å². The van der Waals surface area contributed by atoms with Crippen LogP contribution in [0.5, 0.6) is 0 Å². The van der Waals surface area contributed by atoms with E-state index in [9.17, 15) is 9.18 Å². The van der Waals surface area contributed by atoms with Gasteiger partial charge in [0, 0.05) is 0 Å². The third kappa shape index (κ3) is 2.67. The van der Waals surface area contributed by atoms with E-state index in [1.165, 1.54) is 17.4 Å². The van der Waals surface area contributed by atoms with Crippen LogP contribution in [-0.2, 0) is 11.2 Å². The Hall–Kier alpha value is -1.33. The van der Waals surface area contributed by atoms with Crippen molar-refractivity contribution >= 4 is 27.3 Å². The molecule has 19 heavy (non-hydrogen) atoms. The molecule has 3 nitrogen and oxygen atoms in total. The van der Waals surface area contributed by atoms with Crippen LogP contribution in [0.25, 0.3) is 10.2 Å². The molecule has 3 rings (SSSR count). The van der Waals surface area contributed by atoms with Gasteiger partial charge < -0.3 is 5.32 Å². The predicted molar refractivity (Wildman–Crippen MR) is 73.9 cm³/mol. The highest BCUT2D eigenvalue weighted by Gasteiger charge is 2.21. The number of fused-ring (bicyclic) bond motifs is 1. The number of Topliss-reactive ketones (excluding diaryl/α,β-unsaturated/α-hetero) is 1. The summed E-state index contributed by atoms with van der Waals surface area (Å²) in [5.74, 6) is -0.151. The molecule has 1 aromatic carbocycles. The molecule has 1 N–H and O–H groups in total. The molecule has 0 saturated carbocycles. The van der Waals surface area contributed by atoms with E-state index < -0.39 is 0 Å². The van der Waals surface area contributed by atoms with Crippen molar-refractivity contribution in [1.82, 2.24) is 10.3 Å². The van der Waals surface area contributed by atoms with E-state index in [4.69, 9.17) is 0 Å². The van der Waals surface area contributed by atoms with Crippen molar-refractivity contribution in [1.29, 1.82) is 0 Å². The van der Waals surface area contributed by atoms with Gasteiger partial charge in [0.1, 0.15) is 16.3 Å². The number of carbonyl (C=O) groups excluding carboxylic acids is 1. The van der Waals surface area contributed by atoms with Crippen molar-refractivity contribution in [2.24, 2.45) is 0 Å². The number of nitrogens with one attached hydrogen (secondary N) is 1. The van der Waals surface area contributed by atoms with E-state index in [0.29, 0.717) is 16.9 Å². The fourth-order valence-electron chi connectivity index (χ4n) is 2.44. The van der Waals surface area contributed by atoms with Gasteiger partial charge in [-0.05, 0) is 31.5 Å². The molecule has 0 aliphatic carbocycles. The highest BCUT2D eigenvalue weighted by molar-refractivity contribution is 7.18. The maximum absolute atomic E-state index is 13.5. The Morgan fingerprint density at radius 2 is 2.37 bits per heavy atom. The summed E-state index contributed by atoms with van der Waals surface area (Å²) in [7, 11) is 0. The Kier molecular flexibility index (Phi) is 3.57. The Bertz CT molecular complexity index is 605. The second-order valence-electron chi connectivity index (χ2n) is 4.84. The number of hydrogen-bond acceptors (Lipinski definition) is 4. The molecule has 2 aromatic rings. The molecule has 0 amide bonds. The lowest BCUT2D eigenvalue weighted by atomic mass is 10.00. The fourth-order valence-corrected chi connectivity index (χ4v) is 3.43. The van der Waals surface area contributed by atoms with E-state index in [2.05, 4.69) is 10.3 Å². The summed E-state index contributed by atoms with van der Waals surface area (Å²) in [5.41, 5.74) is 0.381. The first-order valence-corrected chi connectivity index (χ1v) is 7.36. The topological polar surface area (TPSA) is 42.0 Å². The number of hydrogen-bond donors (Lipinski definition) is 1. The summed E-state index contributed by atoms with van der Waals surface area (Å²) in [4.78, 5) is 16.4. The zero-order valence-corrected chi connectivity index (χ0v) is 11.3. The number of carbonyl (C=O) groups is 1. The van der Waals surface area contributed by atoms with Gasteiger partial charge in [0.05, 0.1) is 17.2 Å². The van der Waals surface area contributed by atoms with Gasteiger partial charge in [-0.25, -0.2) is 9.37 Å². The minimum absolute atomic E-state index is 0.0504. The molecule has 1 aliphatic rings. The molecule has 0 unspecified atom stereocenters. The van der Waals surface area contributed by atoms with Crippen LogP contribution in [-0.4, -0.2) is 23.4 Å². The molecule has 0 spiro atoms. The van der Waals surface area contributed by atoms with Crippen molar-refractivity contribution < 1.29 is 9.18 Å². The van der Waals surface area contributed by atoms with Gasteiger partial charge in [0.15, 0.2) is 5.78 Å². The Morgan fingerprint density at radius 1 is 1.47 bits per heavy atom. The van der Waals surface area contributed by atoms with Crippen LogP contribution >= 0.6 is 11.3 Å². The van der Waals surface area contributed by atoms with Crippen LogP contribution in [0.3, 0.4) is 0 Å². The van der Waals surface area contributed by atoms with Gasteiger partial charge in [-0.3, -0.25) is 4.79 Å². The minimum atomic E-state index is -0.316. The zero-order valence-electron chi connectivity index (χ0n) is 10.5. The Labute approximate surface area is 114 Å². The molecule has 1 atom stereocenters. The second-order valence-corrected chi connectivity index (χ2v) is 5.95. The average Bonchev–Trinajstić information content (AvgIpc) is 2.84. The van der Waals surface area contributed by atoms with Crippen LogP contribution in [0.4, 0.5) is 4.39 Å². The largest absolute Gasteiger partial charge is 0.307 e. The standard InChI is InChI=1S/C14H15FN2OS/c15-9-4-3-6-12-14(9)17-13(19-12)8-11(18)10-5-1-2-7-16-10/h3-4,6,10,16H,1-2,5,7-8H2/t10-/m0/s1. The molecule has 1 aliphatic heterocycles. The molecular weight excluding hydrogens is 263 g/mol. The lowest BCUT2D eigenvalue weighted by molar-refractivity contribution is -0.120. The SMILES string of the molecule is O=C(Cc1nc2c(F)cccc2s1)[C@@H]1CCCCN1. The monoisotopic (exact) mass is 278 g/mol. The minimum Gasteiger partial charge on any atom is -0.307 e. The normalized spacial score (nSPS) is 19.7. The lowest BCUT2D eigenvalue weighted by Crippen LogP contribution is -2.41. The summed E-state index contributed by atoms with van der Waals surface area (Å²) in [6.45, 7) is 0.908. The first-order valence-electron chi connectivity index (χ1n) is 6.54. The molecule has 100 valence electrons. The number of aromatic nitrogens is 1. The molecule has 1 saturated heterocycles. The van der Waals surface area contributed by atoms with Gasteiger partial charge in [-0.15, -0.1) is 11.3 Å². The maximum atomic E-state index is 13.5. The van der Waals surface area contributed by atoms with E-state index in [0.717, 1.165) is 30.5 Å². The third-order valence-electron chi connectivity index (χ3n) is 3.44. The Morgan fingerprint density at radius 3 is 3.11 bits per heavy atom. The highest BCUT2D eigenvalue weighted by atomic mass is 32.1. The number of rotatable bonds is 3. The van der Waals surface area contributed by atoms with Crippen molar-refractivity contribution in [2.75, 3.05) is 6.54 Å². The van der Waals surface area contributed by atoms with Crippen LogP contribution in [0.1, 0.15) is 24.3 Å². The number of ketones is 1. The van der Waals surface area contributed by atoms with Crippen LogP contribution in [0.2, 0.25) is 0 Å². The number of nitrogens with zero attached hydrogens (tertiary/aromatic N) is 1. The fraction of sp³-hybridized carbons (Fsp3) is 0.429. The van der Waals surface area contributed by atoms with Crippen LogP contribution < -0.4 is 5.32 Å². The van der Waals surface area contributed by atoms with E-state index >= 15 is 0 Å². The molecular formula is C14H15FN2OS. The van der Waals surface area contributed by atoms with Gasteiger partial charge in [0.25, 0.3) is 0 Å². The average molecular weight is 278 g/mol. The quantitative estimate of drug-likeness (QED) is 0.938. The summed E-state index contributed by atoms with van der Waals surface area (Å²) in [5, 5.41) is 3.94. The van der Waals surface area contributed by atoms with Crippen LogP contribution in [0, 0.1) is 5.82 Å². The smallest absolute Gasteiger partial charge is 0.156 e. The molecule has 1 aromatic heterocycles. The second kappa shape index (κ2) is 5.35. The van der Waals surface area contributed by atoms with Crippen LogP contribution in [0.15, 0.2) is 18.2 Å². The lowest BCUT2D eigenvalue weighted by Gasteiger charge is -2.21. The third-order valence-corrected chi connectivity index (χ3v) is 4.46. The first kappa shape index (κ1) is 12.7. The maximum Gasteiger partial charge on any atom is 0.156 e. The first-order chi connectivity index (χ1) is 9.24. The predicted octanol–water partition coefficient (Wildman–Crippen LogP) is 2.69. The molecule has 0 radical (unpaired) electrons. The van der Waals surface area contributed by atoms with E-state index in [-0.39, 0.29) is 17.6 Å². The van der Waals surface area contributed by atoms with Crippen molar-refractivity contribution in [3.8, 4) is 0 Å². The van der Waals surface area contributed by atoms with Gasteiger partial charge in [-0.1, -0.05) is 12.5 Å². The molecule has 0 bridgehead atoms. The zero-order chi connectivity index (χ0) is 13.2. The summed E-state index contributed by atoms with van der Waals surface area (Å²) in [6.07, 6.45) is 3.43. The molecule has 2 heterocycles. The summed E-state index contributed by atoms with van der Waals surface area (Å²) in [6, 6.07) is 4.86. The van der Waals surface area contributed by atoms with Gasteiger partial charge in [-0.2, -0.15) is 0 Å². The van der Waals surface area contributed by atoms with E-state index in [1.807, 2.05) is 6.07 Å². The molecule has 5 heteroatoms. The van der Waals surface area contributed by atoms with Crippen molar-refractivity contribution in [3.63, 3.8) is 0 Å². The number of thiazole rings is 1. The number of benzene rings is 1. The Balaban J connectivity index is 1.77. The summed E-state index contributed by atoms with van der Waals surface area (Å²) >= 11 is 1.40. The summed E-state index contributed by atoms with van der Waals surface area (Å²) < 4.78 is 14.3. The highest BCUT2D eigenvalue weighted by Crippen LogP contribution is 2.25.